The van der Waals surface area contributed by atoms with Crippen molar-refractivity contribution in [3.8, 4) is 0 Å². The van der Waals surface area contributed by atoms with Gasteiger partial charge >= 0.3 is 5.69 Å². The third-order valence-corrected chi connectivity index (χ3v) is 3.34. The van der Waals surface area contributed by atoms with E-state index in [4.69, 9.17) is 4.74 Å². The average Bonchev–Trinajstić information content (AvgIpc) is 2.83. The second kappa shape index (κ2) is 2.83. The molecule has 4 rings (SSSR count). The van der Waals surface area contributed by atoms with E-state index in [1.54, 1.807) is 4.68 Å². The van der Waals surface area contributed by atoms with Gasteiger partial charge in [0.15, 0.2) is 11.2 Å². The van der Waals surface area contributed by atoms with E-state index in [0.717, 1.165) is 12.8 Å². The second-order valence-electron chi connectivity index (χ2n) is 4.36. The average molecular weight is 235 g/mol. The normalized spacial score (nSPS) is 26.4. The Labute approximate surface area is 93.8 Å². The highest BCUT2D eigenvalue weighted by atomic mass is 16.5. The van der Waals surface area contributed by atoms with Gasteiger partial charge in [0.25, 0.3) is 5.56 Å². The van der Waals surface area contributed by atoms with E-state index in [9.17, 15) is 9.59 Å². The fraction of sp³-hybridized carbons (Fsp3) is 0.556. The maximum atomic E-state index is 11.9. The van der Waals surface area contributed by atoms with Crippen LogP contribution in [0.15, 0.2) is 9.59 Å². The monoisotopic (exact) mass is 235 g/mol. The van der Waals surface area contributed by atoms with Gasteiger partial charge in [-0.05, 0) is 12.8 Å². The van der Waals surface area contributed by atoms with E-state index >= 15 is 0 Å². The molecule has 0 amide bonds. The fourth-order valence-electron chi connectivity index (χ4n) is 2.60. The van der Waals surface area contributed by atoms with Gasteiger partial charge in [-0.25, -0.2) is 14.0 Å². The maximum absolute atomic E-state index is 11.9. The molecular formula is C9H9N5O3. The molecule has 8 nitrogen and oxygen atoms in total. The van der Waals surface area contributed by atoms with Gasteiger partial charge in [-0.1, -0.05) is 5.21 Å². The lowest BCUT2D eigenvalue weighted by Crippen LogP contribution is -2.33. The van der Waals surface area contributed by atoms with Gasteiger partial charge in [0.1, 0.15) is 6.23 Å². The minimum absolute atomic E-state index is 0.0410. The molecule has 1 fully saturated rings. The Morgan fingerprint density at radius 1 is 1.35 bits per heavy atom. The van der Waals surface area contributed by atoms with Crippen LogP contribution in [0.5, 0.6) is 0 Å². The fourth-order valence-corrected chi connectivity index (χ4v) is 2.60. The van der Waals surface area contributed by atoms with Crippen LogP contribution in [0.2, 0.25) is 0 Å². The van der Waals surface area contributed by atoms with E-state index in [0.29, 0.717) is 12.2 Å². The molecule has 2 aliphatic rings. The molecule has 2 aromatic rings. The second-order valence-corrected chi connectivity index (χ2v) is 4.36. The van der Waals surface area contributed by atoms with Gasteiger partial charge in [0.2, 0.25) is 0 Å². The minimum atomic E-state index is -0.495. The third-order valence-electron chi connectivity index (χ3n) is 3.34. The lowest BCUT2D eigenvalue weighted by Gasteiger charge is -2.12. The number of aromatic amines is 1. The predicted molar refractivity (Wildman–Crippen MR) is 55.6 cm³/mol. The van der Waals surface area contributed by atoms with Crippen molar-refractivity contribution < 1.29 is 4.74 Å². The van der Waals surface area contributed by atoms with Crippen molar-refractivity contribution in [1.29, 1.82) is 0 Å². The SMILES string of the molecule is O=c1[nH]c(=O)n2c3c1nnn3C[C@@H]1CC[C@H]2O1. The zero-order chi connectivity index (χ0) is 11.6. The van der Waals surface area contributed by atoms with Crippen LogP contribution in [0.3, 0.4) is 0 Å². The largest absolute Gasteiger partial charge is 0.353 e. The Morgan fingerprint density at radius 3 is 3.12 bits per heavy atom. The molecule has 1 N–H and O–H groups in total. The maximum Gasteiger partial charge on any atom is 0.332 e. The first-order chi connectivity index (χ1) is 8.24. The van der Waals surface area contributed by atoms with E-state index in [-0.39, 0.29) is 17.8 Å². The Balaban J connectivity index is 2.22. The molecule has 0 aromatic carbocycles. The number of ether oxygens (including phenoxy) is 1. The van der Waals surface area contributed by atoms with Crippen LogP contribution in [0.25, 0.3) is 11.2 Å². The van der Waals surface area contributed by atoms with Crippen LogP contribution in [-0.4, -0.2) is 30.6 Å². The highest BCUT2D eigenvalue weighted by molar-refractivity contribution is 5.68. The van der Waals surface area contributed by atoms with Gasteiger partial charge < -0.3 is 4.74 Å². The van der Waals surface area contributed by atoms with Crippen molar-refractivity contribution in [2.75, 3.05) is 0 Å². The van der Waals surface area contributed by atoms with E-state index < -0.39 is 11.2 Å². The number of nitrogens with one attached hydrogen (secondary N) is 1. The van der Waals surface area contributed by atoms with Crippen LogP contribution >= 0.6 is 0 Å². The predicted octanol–water partition coefficient (Wildman–Crippen LogP) is -1.03. The first-order valence-electron chi connectivity index (χ1n) is 5.47. The summed E-state index contributed by atoms with van der Waals surface area (Å²) >= 11 is 0. The Bertz CT molecular complexity index is 726. The first-order valence-corrected chi connectivity index (χ1v) is 5.47. The molecule has 0 aliphatic carbocycles. The number of nitrogens with zero attached hydrogens (tertiary/aromatic N) is 4. The molecule has 17 heavy (non-hydrogen) atoms. The molecule has 2 bridgehead atoms. The molecule has 2 atom stereocenters. The van der Waals surface area contributed by atoms with Crippen LogP contribution in [0.4, 0.5) is 0 Å². The summed E-state index contributed by atoms with van der Waals surface area (Å²) in [5, 5.41) is 7.74. The molecule has 1 saturated heterocycles. The Morgan fingerprint density at radius 2 is 2.24 bits per heavy atom. The van der Waals surface area contributed by atoms with E-state index in [1.165, 1.54) is 4.57 Å². The van der Waals surface area contributed by atoms with Crippen LogP contribution in [0, 0.1) is 0 Å². The smallest absolute Gasteiger partial charge is 0.332 e. The molecule has 2 aromatic heterocycles. The summed E-state index contributed by atoms with van der Waals surface area (Å²) in [5.41, 5.74) is -0.296. The number of hydrogen-bond donors (Lipinski definition) is 1. The number of fused-ring (bicyclic) bond motifs is 3. The summed E-state index contributed by atoms with van der Waals surface area (Å²) in [6.07, 6.45) is 1.39. The van der Waals surface area contributed by atoms with Gasteiger partial charge in [-0.2, -0.15) is 0 Å². The summed E-state index contributed by atoms with van der Waals surface area (Å²) in [5.74, 6) is 0. The summed E-state index contributed by atoms with van der Waals surface area (Å²) in [6, 6.07) is 0. The summed E-state index contributed by atoms with van der Waals surface area (Å²) in [4.78, 5) is 25.7. The highest BCUT2D eigenvalue weighted by Gasteiger charge is 2.34. The zero-order valence-electron chi connectivity index (χ0n) is 8.79. The van der Waals surface area contributed by atoms with Gasteiger partial charge in [-0.3, -0.25) is 9.78 Å². The van der Waals surface area contributed by atoms with Crippen molar-refractivity contribution >= 4 is 11.2 Å². The van der Waals surface area contributed by atoms with E-state index in [2.05, 4.69) is 15.3 Å². The number of aromatic nitrogens is 5. The summed E-state index contributed by atoms with van der Waals surface area (Å²) in [6.45, 7) is 0.538. The van der Waals surface area contributed by atoms with E-state index in [1.807, 2.05) is 0 Å². The minimum Gasteiger partial charge on any atom is -0.353 e. The highest BCUT2D eigenvalue weighted by Crippen LogP contribution is 2.32. The van der Waals surface area contributed by atoms with Crippen LogP contribution < -0.4 is 11.2 Å². The summed E-state index contributed by atoms with van der Waals surface area (Å²) < 4.78 is 8.75. The Hall–Kier alpha value is -1.96. The lowest BCUT2D eigenvalue weighted by atomic mass is 10.2. The van der Waals surface area contributed by atoms with Crippen molar-refractivity contribution in [1.82, 2.24) is 24.5 Å². The molecule has 88 valence electrons. The topological polar surface area (TPSA) is 94.8 Å². The standard InChI is InChI=1S/C9H9N5O3/c15-7-6-8-13(12-11-6)3-4-1-2-5(17-4)14(8)9(16)10-7/h4-5H,1-3H2,(H,10,15,16)/t4-,5+/m0/s1. The van der Waals surface area contributed by atoms with Crippen molar-refractivity contribution in [2.45, 2.75) is 31.7 Å². The number of rotatable bonds is 0. The van der Waals surface area contributed by atoms with Crippen molar-refractivity contribution in [3.05, 3.63) is 20.8 Å². The van der Waals surface area contributed by atoms with Gasteiger partial charge in [-0.15, -0.1) is 5.10 Å². The molecule has 4 heterocycles. The molecule has 0 spiro atoms. The number of hydrogen-bond acceptors (Lipinski definition) is 5. The quantitative estimate of drug-likeness (QED) is 0.630. The molecule has 0 unspecified atom stereocenters. The zero-order valence-corrected chi connectivity index (χ0v) is 8.79. The molecule has 0 radical (unpaired) electrons. The Kier molecular flexibility index (Phi) is 1.52. The molecular weight excluding hydrogens is 226 g/mol. The van der Waals surface area contributed by atoms with Gasteiger partial charge in [0, 0.05) is 0 Å². The van der Waals surface area contributed by atoms with Crippen molar-refractivity contribution in [2.24, 2.45) is 0 Å². The van der Waals surface area contributed by atoms with Crippen LogP contribution in [-0.2, 0) is 11.3 Å². The number of H-pyrrole nitrogens is 1. The van der Waals surface area contributed by atoms with Crippen molar-refractivity contribution in [3.63, 3.8) is 0 Å². The third kappa shape index (κ3) is 1.05. The molecule has 8 heteroatoms. The van der Waals surface area contributed by atoms with Crippen LogP contribution in [0.1, 0.15) is 19.1 Å². The van der Waals surface area contributed by atoms with Gasteiger partial charge in [0.05, 0.1) is 12.6 Å². The summed E-state index contributed by atoms with van der Waals surface area (Å²) in [7, 11) is 0. The molecule has 0 saturated carbocycles. The molecule has 2 aliphatic heterocycles. The lowest BCUT2D eigenvalue weighted by molar-refractivity contribution is 0.00162. The first kappa shape index (κ1) is 9.11.